The zero-order valence-electron chi connectivity index (χ0n) is 5.63. The molecule has 0 aliphatic rings. The van der Waals surface area contributed by atoms with Gasteiger partial charge in [-0.3, -0.25) is 4.79 Å². The summed E-state index contributed by atoms with van der Waals surface area (Å²) in [6.45, 7) is 3.09. The molecule has 0 aromatic heterocycles. The van der Waals surface area contributed by atoms with E-state index in [9.17, 15) is 4.79 Å². The van der Waals surface area contributed by atoms with Crippen LogP contribution >= 0.6 is 35.8 Å². The van der Waals surface area contributed by atoms with Gasteiger partial charge in [0.05, 0.1) is 4.49 Å². The van der Waals surface area contributed by atoms with Crippen LogP contribution in [0.2, 0.25) is 0 Å². The van der Waals surface area contributed by atoms with Crippen molar-refractivity contribution in [3.05, 3.63) is 11.1 Å². The van der Waals surface area contributed by atoms with Gasteiger partial charge in [-0.1, -0.05) is 29.8 Å². The Hall–Kier alpha value is 0.1000. The highest BCUT2D eigenvalue weighted by Crippen LogP contribution is 1.98. The summed E-state index contributed by atoms with van der Waals surface area (Å²) in [6, 6.07) is -0.816. The maximum Gasteiger partial charge on any atom is 0.321 e. The van der Waals surface area contributed by atoms with Gasteiger partial charge >= 0.3 is 5.97 Å². The highest BCUT2D eigenvalue weighted by molar-refractivity contribution is 7.80. The highest BCUT2D eigenvalue weighted by Gasteiger charge is 2.06. The van der Waals surface area contributed by atoms with Crippen molar-refractivity contribution in [1.29, 1.82) is 0 Å². The molecule has 0 bridgehead atoms. The lowest BCUT2D eigenvalue weighted by atomic mass is 10.4. The van der Waals surface area contributed by atoms with Gasteiger partial charge in [0.1, 0.15) is 6.04 Å². The standard InChI is InChI=1S/C3H7NO2S.C2H2Cl2/c4-2(1-7)3(5)6;1-2(3)4/h2,7H,1,4H2,(H,5,6);1H2. The molecule has 0 aromatic rings. The maximum atomic E-state index is 9.76. The summed E-state index contributed by atoms with van der Waals surface area (Å²) in [5.41, 5.74) is 4.94. The van der Waals surface area contributed by atoms with Crippen molar-refractivity contribution in [2.24, 2.45) is 5.73 Å². The molecule has 3 nitrogen and oxygen atoms in total. The van der Waals surface area contributed by atoms with Gasteiger partial charge in [0, 0.05) is 5.75 Å². The van der Waals surface area contributed by atoms with Gasteiger partial charge in [-0.15, -0.1) is 0 Å². The Morgan fingerprint density at radius 1 is 1.73 bits per heavy atom. The number of carboxylic acid groups (broad SMARTS) is 1. The predicted octanol–water partition coefficient (Wildman–Crippen LogP) is 1.26. The third-order valence-electron chi connectivity index (χ3n) is 0.514. The molecule has 0 rings (SSSR count). The fraction of sp³-hybridized carbons (Fsp3) is 0.400. The first-order chi connectivity index (χ1) is 4.91. The van der Waals surface area contributed by atoms with E-state index in [1.807, 2.05) is 0 Å². The van der Waals surface area contributed by atoms with E-state index < -0.39 is 12.0 Å². The minimum absolute atomic E-state index is 0.111. The van der Waals surface area contributed by atoms with E-state index in [4.69, 9.17) is 34.0 Å². The van der Waals surface area contributed by atoms with Crippen molar-refractivity contribution in [3.8, 4) is 0 Å². The summed E-state index contributed by atoms with van der Waals surface area (Å²) < 4.78 is 0.111. The summed E-state index contributed by atoms with van der Waals surface area (Å²) in [4.78, 5) is 9.76. The first kappa shape index (κ1) is 13.7. The van der Waals surface area contributed by atoms with Gasteiger partial charge < -0.3 is 10.8 Å². The maximum absolute atomic E-state index is 9.76. The molecule has 0 radical (unpaired) electrons. The van der Waals surface area contributed by atoms with Crippen molar-refractivity contribution in [2.45, 2.75) is 6.04 Å². The number of thiol groups is 1. The Kier molecular flexibility index (Phi) is 10.2. The number of nitrogens with two attached hydrogens (primary N) is 1. The summed E-state index contributed by atoms with van der Waals surface area (Å²) in [6.07, 6.45) is 0. The highest BCUT2D eigenvalue weighted by atomic mass is 35.5. The number of carboxylic acids is 1. The quantitative estimate of drug-likeness (QED) is 0.611. The molecule has 0 saturated carbocycles. The minimum atomic E-state index is -1.00. The van der Waals surface area contributed by atoms with E-state index in [1.165, 1.54) is 0 Å². The molecule has 0 aliphatic heterocycles. The molecule has 0 aliphatic carbocycles. The van der Waals surface area contributed by atoms with Gasteiger partial charge in [0.25, 0.3) is 0 Å². The van der Waals surface area contributed by atoms with Gasteiger partial charge in [0.15, 0.2) is 0 Å². The summed E-state index contributed by atoms with van der Waals surface area (Å²) in [5.74, 6) is -0.815. The molecule has 0 amide bonds. The second kappa shape index (κ2) is 8.20. The van der Waals surface area contributed by atoms with Crippen LogP contribution in [0, 0.1) is 0 Å². The van der Waals surface area contributed by atoms with Crippen LogP contribution in [0.1, 0.15) is 0 Å². The van der Waals surface area contributed by atoms with Gasteiger partial charge in [-0.25, -0.2) is 0 Å². The second-order valence-electron chi connectivity index (χ2n) is 1.47. The molecule has 6 heteroatoms. The molecule has 66 valence electrons. The lowest BCUT2D eigenvalue weighted by molar-refractivity contribution is -0.137. The number of hydrogen-bond donors (Lipinski definition) is 3. The lowest BCUT2D eigenvalue weighted by Crippen LogP contribution is -2.31. The minimum Gasteiger partial charge on any atom is -0.480 e. The van der Waals surface area contributed by atoms with Gasteiger partial charge in [-0.2, -0.15) is 12.6 Å². The van der Waals surface area contributed by atoms with E-state index >= 15 is 0 Å². The molecular weight excluding hydrogens is 209 g/mol. The van der Waals surface area contributed by atoms with Crippen LogP contribution in [0.4, 0.5) is 0 Å². The molecule has 3 N–H and O–H groups in total. The molecular formula is C5H9Cl2NO2S. The van der Waals surface area contributed by atoms with E-state index in [-0.39, 0.29) is 10.2 Å². The van der Waals surface area contributed by atoms with Crippen molar-refractivity contribution in [1.82, 2.24) is 0 Å². The zero-order chi connectivity index (χ0) is 9.44. The average molecular weight is 218 g/mol. The number of hydrogen-bond acceptors (Lipinski definition) is 3. The fourth-order valence-electron chi connectivity index (χ4n) is 0.0781. The first-order valence-electron chi connectivity index (χ1n) is 2.51. The van der Waals surface area contributed by atoms with Gasteiger partial charge in [0.2, 0.25) is 0 Å². The Balaban J connectivity index is 0. The topological polar surface area (TPSA) is 63.3 Å². The summed E-state index contributed by atoms with van der Waals surface area (Å²) >= 11 is 13.3. The molecule has 11 heavy (non-hydrogen) atoms. The Morgan fingerprint density at radius 2 is 2.00 bits per heavy atom. The van der Waals surface area contributed by atoms with E-state index in [2.05, 4.69) is 19.2 Å². The Bertz CT molecular complexity index is 138. The third-order valence-corrected chi connectivity index (χ3v) is 0.907. The number of carbonyl (C=O) groups is 1. The smallest absolute Gasteiger partial charge is 0.321 e. The van der Waals surface area contributed by atoms with E-state index in [0.29, 0.717) is 0 Å². The molecule has 0 saturated heterocycles. The SMILES string of the molecule is C=C(Cl)Cl.NC(CS)C(=O)O. The largest absolute Gasteiger partial charge is 0.480 e. The van der Waals surface area contributed by atoms with Crippen LogP contribution in [0.25, 0.3) is 0 Å². The summed E-state index contributed by atoms with van der Waals surface area (Å²) in [7, 11) is 0. The predicted molar refractivity (Wildman–Crippen MR) is 50.3 cm³/mol. The van der Waals surface area contributed by atoms with Crippen molar-refractivity contribution < 1.29 is 9.90 Å². The fourth-order valence-corrected chi connectivity index (χ4v) is 0.234. The van der Waals surface area contributed by atoms with E-state index in [1.54, 1.807) is 0 Å². The molecule has 1 atom stereocenters. The second-order valence-corrected chi connectivity index (χ2v) is 2.94. The third kappa shape index (κ3) is 17.8. The number of rotatable bonds is 2. The van der Waals surface area contributed by atoms with Crippen LogP contribution in [0.3, 0.4) is 0 Å². The molecule has 0 aromatic carbocycles. The van der Waals surface area contributed by atoms with Crippen LogP contribution < -0.4 is 5.73 Å². The number of halogens is 2. The molecule has 0 heterocycles. The van der Waals surface area contributed by atoms with Crippen LogP contribution in [0.5, 0.6) is 0 Å². The molecule has 0 spiro atoms. The van der Waals surface area contributed by atoms with Crippen molar-refractivity contribution >= 4 is 41.8 Å². The lowest BCUT2D eigenvalue weighted by Gasteiger charge is -1.96. The Morgan fingerprint density at radius 3 is 2.00 bits per heavy atom. The first-order valence-corrected chi connectivity index (χ1v) is 3.89. The monoisotopic (exact) mass is 217 g/mol. The summed E-state index contributed by atoms with van der Waals surface area (Å²) in [5, 5.41) is 8.01. The molecule has 1 unspecified atom stereocenters. The van der Waals surface area contributed by atoms with E-state index in [0.717, 1.165) is 0 Å². The van der Waals surface area contributed by atoms with Crippen molar-refractivity contribution in [2.75, 3.05) is 5.75 Å². The average Bonchev–Trinajstić information content (AvgIpc) is 1.85. The van der Waals surface area contributed by atoms with Crippen LogP contribution in [-0.4, -0.2) is 22.9 Å². The van der Waals surface area contributed by atoms with Gasteiger partial charge in [-0.05, 0) is 0 Å². The molecule has 0 fully saturated rings. The zero-order valence-corrected chi connectivity index (χ0v) is 8.03. The van der Waals surface area contributed by atoms with Crippen molar-refractivity contribution in [3.63, 3.8) is 0 Å². The Labute approximate surface area is 80.6 Å². The van der Waals surface area contributed by atoms with Crippen LogP contribution in [-0.2, 0) is 4.79 Å². The van der Waals surface area contributed by atoms with Crippen LogP contribution in [0.15, 0.2) is 11.1 Å². The normalized spacial score (nSPS) is 10.9. The number of aliphatic carboxylic acids is 1.